The van der Waals surface area contributed by atoms with E-state index < -0.39 is 0 Å². The highest BCUT2D eigenvalue weighted by Gasteiger charge is 2.31. The van der Waals surface area contributed by atoms with Crippen LogP contribution in [-0.2, 0) is 4.79 Å². The lowest BCUT2D eigenvalue weighted by Crippen LogP contribution is -2.34. The molecule has 0 aliphatic carbocycles. The summed E-state index contributed by atoms with van der Waals surface area (Å²) in [6.45, 7) is 4.02. The number of rotatable bonds is 1. The van der Waals surface area contributed by atoms with Crippen LogP contribution in [0.3, 0.4) is 0 Å². The van der Waals surface area contributed by atoms with Crippen LogP contribution in [0.1, 0.15) is 19.3 Å². The lowest BCUT2D eigenvalue weighted by molar-refractivity contribution is -0.133. The number of nitrogens with zero attached hydrogens (tertiary/aromatic N) is 2. The maximum absolute atomic E-state index is 11.9. The van der Waals surface area contributed by atoms with Gasteiger partial charge in [0.1, 0.15) is 0 Å². The number of hydrogen-bond donors (Lipinski definition) is 0. The van der Waals surface area contributed by atoms with E-state index in [9.17, 15) is 4.79 Å². The van der Waals surface area contributed by atoms with Gasteiger partial charge in [0.15, 0.2) is 0 Å². The van der Waals surface area contributed by atoms with Crippen LogP contribution in [0.15, 0.2) is 0 Å². The molecular weight excluding hydrogens is 279 g/mol. The molecule has 0 radical (unpaired) electrons. The highest BCUT2D eigenvalue weighted by Crippen LogP contribution is 2.23. The molecule has 2 saturated heterocycles. The van der Waals surface area contributed by atoms with E-state index in [0.717, 1.165) is 32.6 Å². The van der Waals surface area contributed by atoms with Gasteiger partial charge < -0.3 is 4.90 Å². The third-order valence-corrected chi connectivity index (χ3v) is 3.78. The smallest absolute Gasteiger partial charge is 0.227 e. The Hall–Kier alpha value is 0.160. The second kappa shape index (κ2) is 4.13. The number of carbonyl (C=O) groups is 1. The molecule has 0 aromatic rings. The summed E-state index contributed by atoms with van der Waals surface area (Å²) >= 11 is 2.31. The van der Waals surface area contributed by atoms with Crippen molar-refractivity contribution in [2.45, 2.75) is 19.3 Å². The highest BCUT2D eigenvalue weighted by molar-refractivity contribution is 14.1. The van der Waals surface area contributed by atoms with Crippen LogP contribution >= 0.6 is 22.9 Å². The molecule has 1 atom stereocenters. The first-order chi connectivity index (χ1) is 6.27. The van der Waals surface area contributed by atoms with Gasteiger partial charge in [0, 0.05) is 49.0 Å². The van der Waals surface area contributed by atoms with E-state index in [1.54, 1.807) is 0 Å². The van der Waals surface area contributed by atoms with Gasteiger partial charge in [0.05, 0.1) is 5.92 Å². The topological polar surface area (TPSA) is 23.6 Å². The van der Waals surface area contributed by atoms with Crippen molar-refractivity contribution in [3.8, 4) is 0 Å². The molecule has 2 aliphatic heterocycles. The highest BCUT2D eigenvalue weighted by atomic mass is 127. The van der Waals surface area contributed by atoms with Gasteiger partial charge in [0.25, 0.3) is 0 Å². The van der Waals surface area contributed by atoms with E-state index in [2.05, 4.69) is 26.0 Å². The van der Waals surface area contributed by atoms with E-state index in [-0.39, 0.29) is 5.92 Å². The van der Waals surface area contributed by atoms with Crippen LogP contribution in [0.4, 0.5) is 0 Å². The normalized spacial score (nSPS) is 29.9. The summed E-state index contributed by atoms with van der Waals surface area (Å²) in [5.74, 6) is 0.687. The molecule has 0 saturated carbocycles. The first-order valence-electron chi connectivity index (χ1n) is 4.97. The van der Waals surface area contributed by atoms with Crippen molar-refractivity contribution < 1.29 is 4.79 Å². The predicted molar refractivity (Wildman–Crippen MR) is 59.5 cm³/mol. The Morgan fingerprint density at radius 2 is 1.92 bits per heavy atom. The minimum Gasteiger partial charge on any atom is -0.342 e. The monoisotopic (exact) mass is 294 g/mol. The number of amides is 1. The summed E-state index contributed by atoms with van der Waals surface area (Å²) in [5, 5.41) is 0. The van der Waals surface area contributed by atoms with E-state index in [0.29, 0.717) is 5.91 Å². The van der Waals surface area contributed by atoms with Gasteiger partial charge in [-0.25, -0.2) is 3.11 Å². The third-order valence-electron chi connectivity index (χ3n) is 2.91. The molecule has 0 aromatic heterocycles. The maximum atomic E-state index is 11.9. The molecule has 2 aliphatic rings. The summed E-state index contributed by atoms with van der Waals surface area (Å²) in [4.78, 5) is 13.9. The summed E-state index contributed by atoms with van der Waals surface area (Å²) in [7, 11) is 0. The van der Waals surface area contributed by atoms with Crippen molar-refractivity contribution in [3.05, 3.63) is 0 Å². The Kier molecular flexibility index (Phi) is 3.08. The molecular formula is C9H15IN2O. The average molecular weight is 294 g/mol. The molecule has 2 fully saturated rings. The summed E-state index contributed by atoms with van der Waals surface area (Å²) in [6, 6.07) is 0. The molecule has 1 unspecified atom stereocenters. The van der Waals surface area contributed by atoms with Crippen molar-refractivity contribution >= 4 is 28.8 Å². The largest absolute Gasteiger partial charge is 0.342 e. The Morgan fingerprint density at radius 1 is 1.23 bits per heavy atom. The molecule has 74 valence electrons. The third kappa shape index (κ3) is 2.15. The minimum absolute atomic E-state index is 0.287. The Balaban J connectivity index is 1.89. The quantitative estimate of drug-likeness (QED) is 0.537. The fourth-order valence-corrected chi connectivity index (χ4v) is 2.87. The van der Waals surface area contributed by atoms with Gasteiger partial charge in [0.2, 0.25) is 5.91 Å². The zero-order valence-electron chi connectivity index (χ0n) is 7.71. The maximum Gasteiger partial charge on any atom is 0.227 e. The van der Waals surface area contributed by atoms with Crippen LogP contribution in [-0.4, -0.2) is 40.1 Å². The minimum atomic E-state index is 0.287. The van der Waals surface area contributed by atoms with Crippen molar-refractivity contribution in [1.82, 2.24) is 8.01 Å². The molecule has 0 N–H and O–H groups in total. The van der Waals surface area contributed by atoms with E-state index in [4.69, 9.17) is 0 Å². The van der Waals surface area contributed by atoms with Gasteiger partial charge >= 0.3 is 0 Å². The first-order valence-corrected chi connectivity index (χ1v) is 5.93. The van der Waals surface area contributed by atoms with Crippen molar-refractivity contribution in [1.29, 1.82) is 0 Å². The Bertz CT molecular complexity index is 204. The van der Waals surface area contributed by atoms with Crippen LogP contribution in [0, 0.1) is 5.92 Å². The fourth-order valence-electron chi connectivity index (χ4n) is 2.11. The zero-order chi connectivity index (χ0) is 9.26. The second-order valence-electron chi connectivity index (χ2n) is 3.89. The van der Waals surface area contributed by atoms with E-state index >= 15 is 0 Å². The predicted octanol–water partition coefficient (Wildman–Crippen LogP) is 1.28. The van der Waals surface area contributed by atoms with Crippen molar-refractivity contribution in [2.24, 2.45) is 5.92 Å². The van der Waals surface area contributed by atoms with E-state index in [1.807, 2.05) is 4.90 Å². The molecule has 3 nitrogen and oxygen atoms in total. The number of carbonyl (C=O) groups excluding carboxylic acids is 1. The van der Waals surface area contributed by atoms with Gasteiger partial charge in [-0.15, -0.1) is 0 Å². The van der Waals surface area contributed by atoms with Crippen LogP contribution in [0.25, 0.3) is 0 Å². The molecule has 0 aromatic carbocycles. The lowest BCUT2D eigenvalue weighted by atomic mass is 10.1. The molecule has 1 amide bonds. The van der Waals surface area contributed by atoms with Crippen LogP contribution in [0.5, 0.6) is 0 Å². The molecule has 2 heterocycles. The molecule has 13 heavy (non-hydrogen) atoms. The number of halogens is 1. The van der Waals surface area contributed by atoms with E-state index in [1.165, 1.54) is 12.8 Å². The molecule has 0 bridgehead atoms. The molecule has 4 heteroatoms. The summed E-state index contributed by atoms with van der Waals surface area (Å²) < 4.78 is 2.22. The number of hydrogen-bond acceptors (Lipinski definition) is 2. The molecule has 2 rings (SSSR count). The molecule has 0 spiro atoms. The Morgan fingerprint density at radius 3 is 2.46 bits per heavy atom. The second-order valence-corrected chi connectivity index (χ2v) is 5.25. The van der Waals surface area contributed by atoms with Gasteiger partial charge in [-0.05, 0) is 19.3 Å². The summed E-state index contributed by atoms with van der Waals surface area (Å²) in [6.07, 6.45) is 3.46. The SMILES string of the molecule is O=C(C1CCN(I)C1)N1CCCC1. The summed E-state index contributed by atoms with van der Waals surface area (Å²) in [5.41, 5.74) is 0. The van der Waals surface area contributed by atoms with Gasteiger partial charge in [-0.3, -0.25) is 4.79 Å². The fraction of sp³-hybridized carbons (Fsp3) is 0.889. The number of likely N-dealkylation sites (tertiary alicyclic amines) is 1. The van der Waals surface area contributed by atoms with Crippen molar-refractivity contribution in [2.75, 3.05) is 26.2 Å². The lowest BCUT2D eigenvalue weighted by Gasteiger charge is -2.19. The standard InChI is InChI=1S/C9H15IN2O/c10-12-6-3-8(7-12)9(13)11-4-1-2-5-11/h8H,1-7H2. The Labute approximate surface area is 92.9 Å². The zero-order valence-corrected chi connectivity index (χ0v) is 9.87. The van der Waals surface area contributed by atoms with Gasteiger partial charge in [-0.2, -0.15) is 0 Å². The van der Waals surface area contributed by atoms with Crippen molar-refractivity contribution in [3.63, 3.8) is 0 Å². The average Bonchev–Trinajstić information content (AvgIpc) is 2.72. The van der Waals surface area contributed by atoms with Crippen LogP contribution in [0.2, 0.25) is 0 Å². The first kappa shape index (κ1) is 9.71. The van der Waals surface area contributed by atoms with Gasteiger partial charge in [-0.1, -0.05) is 0 Å². The van der Waals surface area contributed by atoms with Crippen LogP contribution < -0.4 is 0 Å².